The van der Waals surface area contributed by atoms with Gasteiger partial charge in [-0.3, -0.25) is 0 Å². The van der Waals surface area contributed by atoms with Crippen molar-refractivity contribution in [3.05, 3.63) is 29.8 Å². The molecule has 1 aromatic rings. The molecule has 1 fully saturated rings. The van der Waals surface area contributed by atoms with Crippen molar-refractivity contribution < 1.29 is 4.74 Å². The zero-order chi connectivity index (χ0) is 12.1. The largest absolute Gasteiger partial charge is 0.493 e. The molecule has 3 nitrogen and oxygen atoms in total. The van der Waals surface area contributed by atoms with E-state index in [1.807, 2.05) is 24.3 Å². The van der Waals surface area contributed by atoms with Gasteiger partial charge in [0.15, 0.2) is 0 Å². The summed E-state index contributed by atoms with van der Waals surface area (Å²) in [7, 11) is 2.18. The molecule has 1 atom stereocenters. The lowest BCUT2D eigenvalue weighted by molar-refractivity contribution is 0.150. The monoisotopic (exact) mass is 234 g/mol. The molecule has 2 N–H and O–H groups in total. The molecule has 1 heterocycles. The summed E-state index contributed by atoms with van der Waals surface area (Å²) in [5, 5.41) is 0. The van der Waals surface area contributed by atoms with E-state index in [0.29, 0.717) is 12.5 Å². The molecule has 17 heavy (non-hydrogen) atoms. The Balaban J connectivity index is 1.80. The van der Waals surface area contributed by atoms with E-state index >= 15 is 0 Å². The first-order valence-electron chi connectivity index (χ1n) is 6.38. The molecule has 3 heteroatoms. The van der Waals surface area contributed by atoms with E-state index in [1.165, 1.54) is 19.4 Å². The van der Waals surface area contributed by atoms with E-state index in [0.717, 1.165) is 24.5 Å². The van der Waals surface area contributed by atoms with Crippen molar-refractivity contribution in [1.29, 1.82) is 0 Å². The van der Waals surface area contributed by atoms with Gasteiger partial charge in [-0.2, -0.15) is 0 Å². The number of hydrogen-bond donors (Lipinski definition) is 1. The highest BCUT2D eigenvalue weighted by Crippen LogP contribution is 2.18. The lowest BCUT2D eigenvalue weighted by Crippen LogP contribution is -2.34. The van der Waals surface area contributed by atoms with Crippen LogP contribution in [0.1, 0.15) is 18.4 Å². The molecule has 0 aliphatic carbocycles. The SMILES string of the molecule is CN1CCCC(COc2ccc(CN)cc2)C1. The summed E-state index contributed by atoms with van der Waals surface area (Å²) in [4.78, 5) is 2.38. The minimum atomic E-state index is 0.591. The van der Waals surface area contributed by atoms with Crippen molar-refractivity contribution in [2.24, 2.45) is 11.7 Å². The molecule has 0 bridgehead atoms. The summed E-state index contributed by atoms with van der Waals surface area (Å²) in [6.07, 6.45) is 2.57. The van der Waals surface area contributed by atoms with E-state index in [-0.39, 0.29) is 0 Å². The number of hydrogen-bond acceptors (Lipinski definition) is 3. The van der Waals surface area contributed by atoms with Crippen molar-refractivity contribution in [3.63, 3.8) is 0 Å². The second-order valence-electron chi connectivity index (χ2n) is 4.93. The van der Waals surface area contributed by atoms with Gasteiger partial charge in [0, 0.05) is 19.0 Å². The fourth-order valence-electron chi connectivity index (χ4n) is 2.35. The average Bonchev–Trinajstić information content (AvgIpc) is 2.37. The number of likely N-dealkylation sites (tertiary alicyclic amines) is 1. The molecule has 1 aliphatic heterocycles. The molecule has 0 aromatic heterocycles. The predicted octanol–water partition coefficient (Wildman–Crippen LogP) is 1.87. The normalized spacial score (nSPS) is 21.4. The number of piperidine rings is 1. The van der Waals surface area contributed by atoms with Crippen LogP contribution in [-0.2, 0) is 6.54 Å². The van der Waals surface area contributed by atoms with E-state index in [4.69, 9.17) is 10.5 Å². The van der Waals surface area contributed by atoms with Gasteiger partial charge < -0.3 is 15.4 Å². The van der Waals surface area contributed by atoms with E-state index in [9.17, 15) is 0 Å². The van der Waals surface area contributed by atoms with Crippen molar-refractivity contribution in [2.45, 2.75) is 19.4 Å². The Bertz CT molecular complexity index is 337. The number of ether oxygens (including phenoxy) is 1. The first kappa shape index (κ1) is 12.4. The second kappa shape index (κ2) is 6.03. The van der Waals surface area contributed by atoms with Crippen LogP contribution in [0.2, 0.25) is 0 Å². The van der Waals surface area contributed by atoms with Crippen LogP contribution in [0.5, 0.6) is 5.75 Å². The summed E-state index contributed by atoms with van der Waals surface area (Å²) in [5.74, 6) is 1.62. The van der Waals surface area contributed by atoms with Crippen LogP contribution < -0.4 is 10.5 Å². The summed E-state index contributed by atoms with van der Waals surface area (Å²) >= 11 is 0. The van der Waals surface area contributed by atoms with Gasteiger partial charge in [-0.05, 0) is 44.1 Å². The third-order valence-corrected chi connectivity index (χ3v) is 3.37. The summed E-state index contributed by atoms with van der Waals surface area (Å²) in [5.41, 5.74) is 6.71. The summed E-state index contributed by atoms with van der Waals surface area (Å²) in [6.45, 7) is 3.79. The third-order valence-electron chi connectivity index (χ3n) is 3.37. The Morgan fingerprint density at radius 1 is 1.35 bits per heavy atom. The number of nitrogens with zero attached hydrogens (tertiary/aromatic N) is 1. The van der Waals surface area contributed by atoms with Gasteiger partial charge >= 0.3 is 0 Å². The minimum Gasteiger partial charge on any atom is -0.493 e. The maximum Gasteiger partial charge on any atom is 0.119 e. The van der Waals surface area contributed by atoms with Crippen molar-refractivity contribution in [3.8, 4) is 5.75 Å². The molecule has 0 saturated carbocycles. The van der Waals surface area contributed by atoms with E-state index < -0.39 is 0 Å². The zero-order valence-corrected chi connectivity index (χ0v) is 10.6. The Labute approximate surface area is 104 Å². The highest BCUT2D eigenvalue weighted by Gasteiger charge is 2.17. The average molecular weight is 234 g/mol. The molecule has 1 unspecified atom stereocenters. The van der Waals surface area contributed by atoms with Gasteiger partial charge in [-0.1, -0.05) is 12.1 Å². The van der Waals surface area contributed by atoms with Gasteiger partial charge in [-0.15, -0.1) is 0 Å². The topological polar surface area (TPSA) is 38.5 Å². The lowest BCUT2D eigenvalue weighted by atomic mass is 10.00. The Kier molecular flexibility index (Phi) is 4.40. The molecule has 0 radical (unpaired) electrons. The molecule has 1 aliphatic rings. The highest BCUT2D eigenvalue weighted by atomic mass is 16.5. The Hall–Kier alpha value is -1.06. The van der Waals surface area contributed by atoms with Crippen LogP contribution >= 0.6 is 0 Å². The van der Waals surface area contributed by atoms with Gasteiger partial charge in [0.2, 0.25) is 0 Å². The van der Waals surface area contributed by atoms with Crippen LogP contribution in [0.4, 0.5) is 0 Å². The van der Waals surface area contributed by atoms with Crippen LogP contribution in [0.15, 0.2) is 24.3 Å². The molecular weight excluding hydrogens is 212 g/mol. The first-order chi connectivity index (χ1) is 8.28. The standard InChI is InChI=1S/C14H22N2O/c1-16-8-2-3-13(10-16)11-17-14-6-4-12(9-15)5-7-14/h4-7,13H,2-3,8-11,15H2,1H3. The predicted molar refractivity (Wildman–Crippen MR) is 70.0 cm³/mol. The van der Waals surface area contributed by atoms with Gasteiger partial charge in [0.1, 0.15) is 5.75 Å². The number of rotatable bonds is 4. The minimum absolute atomic E-state index is 0.591. The maximum atomic E-state index is 5.83. The van der Waals surface area contributed by atoms with E-state index in [2.05, 4.69) is 11.9 Å². The van der Waals surface area contributed by atoms with Crippen LogP contribution in [0.25, 0.3) is 0 Å². The molecule has 94 valence electrons. The van der Waals surface area contributed by atoms with E-state index in [1.54, 1.807) is 0 Å². The zero-order valence-electron chi connectivity index (χ0n) is 10.6. The van der Waals surface area contributed by atoms with Gasteiger partial charge in [-0.25, -0.2) is 0 Å². The smallest absolute Gasteiger partial charge is 0.119 e. The second-order valence-corrected chi connectivity index (χ2v) is 4.93. The molecule has 1 saturated heterocycles. The maximum absolute atomic E-state index is 5.83. The van der Waals surface area contributed by atoms with Crippen LogP contribution in [0.3, 0.4) is 0 Å². The van der Waals surface area contributed by atoms with Gasteiger partial charge in [0.25, 0.3) is 0 Å². The molecule has 2 rings (SSSR count). The van der Waals surface area contributed by atoms with Crippen LogP contribution in [0, 0.1) is 5.92 Å². The molecule has 1 aromatic carbocycles. The van der Waals surface area contributed by atoms with Crippen molar-refractivity contribution in [1.82, 2.24) is 4.90 Å². The fourth-order valence-corrected chi connectivity index (χ4v) is 2.35. The molecular formula is C14H22N2O. The Morgan fingerprint density at radius 2 is 2.12 bits per heavy atom. The van der Waals surface area contributed by atoms with Crippen molar-refractivity contribution in [2.75, 3.05) is 26.7 Å². The fraction of sp³-hybridized carbons (Fsp3) is 0.571. The number of benzene rings is 1. The lowest BCUT2D eigenvalue weighted by Gasteiger charge is -2.29. The quantitative estimate of drug-likeness (QED) is 0.864. The molecule has 0 spiro atoms. The molecule has 0 amide bonds. The van der Waals surface area contributed by atoms with Gasteiger partial charge in [0.05, 0.1) is 6.61 Å². The highest BCUT2D eigenvalue weighted by molar-refractivity contribution is 5.27. The summed E-state index contributed by atoms with van der Waals surface area (Å²) in [6, 6.07) is 8.08. The van der Waals surface area contributed by atoms with Crippen LogP contribution in [-0.4, -0.2) is 31.6 Å². The third kappa shape index (κ3) is 3.72. The van der Waals surface area contributed by atoms with Crippen molar-refractivity contribution >= 4 is 0 Å². The first-order valence-corrected chi connectivity index (χ1v) is 6.38. The summed E-state index contributed by atoms with van der Waals surface area (Å²) < 4.78 is 5.83. The number of nitrogens with two attached hydrogens (primary N) is 1. The Morgan fingerprint density at radius 3 is 2.76 bits per heavy atom.